The highest BCUT2D eigenvalue weighted by Crippen LogP contribution is 2.16. The van der Waals surface area contributed by atoms with Crippen molar-refractivity contribution in [2.75, 3.05) is 6.54 Å². The Kier molecular flexibility index (Phi) is 4.83. The maximum atomic E-state index is 4.42. The van der Waals surface area contributed by atoms with Crippen molar-refractivity contribution >= 4 is 11.7 Å². The molecule has 2 rings (SSSR count). The van der Waals surface area contributed by atoms with E-state index >= 15 is 0 Å². The lowest BCUT2D eigenvalue weighted by molar-refractivity contribution is 0.499. The summed E-state index contributed by atoms with van der Waals surface area (Å²) in [5.41, 5.74) is 1.01. The minimum atomic E-state index is 0.205. The van der Waals surface area contributed by atoms with Gasteiger partial charge in [-0.2, -0.15) is 8.75 Å². The quantitative estimate of drug-likeness (QED) is 0.832. The average Bonchev–Trinajstić information content (AvgIpc) is 3.04. The minimum absolute atomic E-state index is 0.205. The molecule has 0 saturated heterocycles. The van der Waals surface area contributed by atoms with Crippen LogP contribution in [0.5, 0.6) is 0 Å². The molecule has 0 aromatic carbocycles. The molecule has 6 heteroatoms. The van der Waals surface area contributed by atoms with Gasteiger partial charge >= 0.3 is 0 Å². The molecular weight excluding hydrogens is 246 g/mol. The van der Waals surface area contributed by atoms with E-state index < -0.39 is 0 Å². The van der Waals surface area contributed by atoms with Crippen molar-refractivity contribution in [3.8, 4) is 0 Å². The molecule has 1 atom stereocenters. The van der Waals surface area contributed by atoms with E-state index in [2.05, 4.69) is 37.5 Å². The summed E-state index contributed by atoms with van der Waals surface area (Å²) in [4.78, 5) is 4.42. The molecule has 0 saturated carbocycles. The molecule has 1 unspecified atom stereocenters. The Morgan fingerprint density at radius 3 is 3.00 bits per heavy atom. The SMILES string of the molecule is CCCNC(Cc1nccn1CC)c1cnsn1. The second-order valence-corrected chi connectivity index (χ2v) is 4.73. The Morgan fingerprint density at radius 1 is 1.44 bits per heavy atom. The van der Waals surface area contributed by atoms with E-state index in [1.165, 1.54) is 11.7 Å². The smallest absolute Gasteiger partial charge is 0.110 e. The van der Waals surface area contributed by atoms with Crippen LogP contribution in [0, 0.1) is 0 Å². The molecule has 0 radical (unpaired) electrons. The van der Waals surface area contributed by atoms with Gasteiger partial charge in [-0.15, -0.1) is 0 Å². The van der Waals surface area contributed by atoms with Crippen molar-refractivity contribution in [2.24, 2.45) is 0 Å². The standard InChI is InChI=1S/C12H19N5S/c1-3-5-13-10(11-9-15-18-16-11)8-12-14-6-7-17(12)4-2/h6-7,9-10,13H,3-5,8H2,1-2H3. The third-order valence-electron chi connectivity index (χ3n) is 2.91. The van der Waals surface area contributed by atoms with Crippen LogP contribution in [-0.2, 0) is 13.0 Å². The highest BCUT2D eigenvalue weighted by molar-refractivity contribution is 6.99. The third kappa shape index (κ3) is 3.14. The van der Waals surface area contributed by atoms with E-state index in [9.17, 15) is 0 Å². The van der Waals surface area contributed by atoms with Crippen LogP contribution in [0.4, 0.5) is 0 Å². The van der Waals surface area contributed by atoms with Crippen molar-refractivity contribution in [3.05, 3.63) is 30.1 Å². The molecule has 0 fully saturated rings. The molecule has 1 N–H and O–H groups in total. The minimum Gasteiger partial charge on any atom is -0.335 e. The summed E-state index contributed by atoms with van der Waals surface area (Å²) in [7, 11) is 0. The van der Waals surface area contributed by atoms with Gasteiger partial charge < -0.3 is 9.88 Å². The highest BCUT2D eigenvalue weighted by Gasteiger charge is 2.16. The van der Waals surface area contributed by atoms with Crippen molar-refractivity contribution in [1.29, 1.82) is 0 Å². The van der Waals surface area contributed by atoms with Gasteiger partial charge in [-0.3, -0.25) is 0 Å². The van der Waals surface area contributed by atoms with Crippen LogP contribution >= 0.6 is 11.7 Å². The molecule has 0 aliphatic carbocycles. The first-order valence-corrected chi connectivity index (χ1v) is 7.09. The van der Waals surface area contributed by atoms with Gasteiger partial charge in [0.1, 0.15) is 5.82 Å². The molecule has 0 bridgehead atoms. The summed E-state index contributed by atoms with van der Waals surface area (Å²) >= 11 is 1.26. The van der Waals surface area contributed by atoms with Crippen LogP contribution in [0.1, 0.15) is 37.8 Å². The number of nitrogens with one attached hydrogen (secondary N) is 1. The van der Waals surface area contributed by atoms with Gasteiger partial charge in [-0.25, -0.2) is 4.98 Å². The number of imidazole rings is 1. The molecule has 5 nitrogen and oxygen atoms in total. The van der Waals surface area contributed by atoms with E-state index in [0.29, 0.717) is 0 Å². The van der Waals surface area contributed by atoms with Crippen LogP contribution in [0.15, 0.2) is 18.6 Å². The van der Waals surface area contributed by atoms with E-state index in [1.54, 1.807) is 0 Å². The zero-order valence-corrected chi connectivity index (χ0v) is 11.7. The molecule has 0 aliphatic heterocycles. The number of aryl methyl sites for hydroxylation is 1. The molecule has 0 aliphatic rings. The fourth-order valence-corrected chi connectivity index (χ4v) is 2.40. The predicted octanol–water partition coefficient (Wildman–Crippen LogP) is 2.04. The Labute approximate surface area is 112 Å². The second kappa shape index (κ2) is 6.61. The van der Waals surface area contributed by atoms with E-state index in [-0.39, 0.29) is 6.04 Å². The number of hydrogen-bond acceptors (Lipinski definition) is 5. The molecule has 98 valence electrons. The molecule has 2 aromatic heterocycles. The Hall–Kier alpha value is -1.27. The summed E-state index contributed by atoms with van der Waals surface area (Å²) < 4.78 is 10.6. The van der Waals surface area contributed by atoms with Crippen molar-refractivity contribution in [3.63, 3.8) is 0 Å². The molecule has 18 heavy (non-hydrogen) atoms. The van der Waals surface area contributed by atoms with Crippen LogP contribution in [-0.4, -0.2) is 24.8 Å². The Morgan fingerprint density at radius 2 is 2.33 bits per heavy atom. The maximum absolute atomic E-state index is 4.42. The summed E-state index contributed by atoms with van der Waals surface area (Å²) in [5.74, 6) is 1.10. The van der Waals surface area contributed by atoms with Gasteiger partial charge in [0.05, 0.1) is 29.7 Å². The van der Waals surface area contributed by atoms with Gasteiger partial charge in [-0.1, -0.05) is 6.92 Å². The Bertz CT molecular complexity index is 451. The van der Waals surface area contributed by atoms with E-state index in [0.717, 1.165) is 37.4 Å². The van der Waals surface area contributed by atoms with Crippen molar-refractivity contribution < 1.29 is 0 Å². The van der Waals surface area contributed by atoms with Crippen LogP contribution in [0.25, 0.3) is 0 Å². The van der Waals surface area contributed by atoms with Gasteiger partial charge in [-0.05, 0) is 19.9 Å². The first-order chi connectivity index (χ1) is 8.85. The van der Waals surface area contributed by atoms with Crippen molar-refractivity contribution in [2.45, 2.75) is 39.3 Å². The summed E-state index contributed by atoms with van der Waals surface area (Å²) in [6.07, 6.45) is 7.68. The average molecular weight is 265 g/mol. The normalized spacial score (nSPS) is 12.8. The topological polar surface area (TPSA) is 55.6 Å². The molecule has 0 amide bonds. The lowest BCUT2D eigenvalue weighted by atomic mass is 10.1. The maximum Gasteiger partial charge on any atom is 0.110 e. The van der Waals surface area contributed by atoms with Crippen molar-refractivity contribution in [1.82, 2.24) is 23.6 Å². The lowest BCUT2D eigenvalue weighted by Crippen LogP contribution is -2.25. The number of hydrogen-bond donors (Lipinski definition) is 1. The summed E-state index contributed by atoms with van der Waals surface area (Å²) in [6, 6.07) is 0.205. The van der Waals surface area contributed by atoms with Gasteiger partial charge in [0.15, 0.2) is 0 Å². The zero-order chi connectivity index (χ0) is 12.8. The number of nitrogens with zero attached hydrogens (tertiary/aromatic N) is 4. The highest BCUT2D eigenvalue weighted by atomic mass is 32.1. The predicted molar refractivity (Wildman–Crippen MR) is 72.5 cm³/mol. The van der Waals surface area contributed by atoms with Crippen LogP contribution < -0.4 is 5.32 Å². The number of aromatic nitrogens is 4. The molecule has 0 spiro atoms. The summed E-state index contributed by atoms with van der Waals surface area (Å²) in [6.45, 7) is 6.22. The fraction of sp³-hybridized carbons (Fsp3) is 0.583. The monoisotopic (exact) mass is 265 g/mol. The Balaban J connectivity index is 2.10. The van der Waals surface area contributed by atoms with Gasteiger partial charge in [0.25, 0.3) is 0 Å². The van der Waals surface area contributed by atoms with E-state index in [1.807, 2.05) is 18.6 Å². The number of rotatable bonds is 7. The third-order valence-corrected chi connectivity index (χ3v) is 3.40. The first kappa shape index (κ1) is 13.2. The molecule has 2 aromatic rings. The zero-order valence-electron chi connectivity index (χ0n) is 10.8. The summed E-state index contributed by atoms with van der Waals surface area (Å²) in [5, 5.41) is 3.51. The van der Waals surface area contributed by atoms with Gasteiger partial charge in [0, 0.05) is 25.4 Å². The molecule has 2 heterocycles. The van der Waals surface area contributed by atoms with E-state index in [4.69, 9.17) is 0 Å². The lowest BCUT2D eigenvalue weighted by Gasteiger charge is -2.16. The van der Waals surface area contributed by atoms with Crippen LogP contribution in [0.2, 0.25) is 0 Å². The largest absolute Gasteiger partial charge is 0.335 e. The fourth-order valence-electron chi connectivity index (χ4n) is 1.93. The molecular formula is C12H19N5S. The second-order valence-electron chi connectivity index (χ2n) is 4.17. The first-order valence-electron chi connectivity index (χ1n) is 6.36. The van der Waals surface area contributed by atoms with Gasteiger partial charge in [0.2, 0.25) is 0 Å². The van der Waals surface area contributed by atoms with Crippen LogP contribution in [0.3, 0.4) is 0 Å².